The number of alkyl halides is 3. The fourth-order valence-corrected chi connectivity index (χ4v) is 4.46. The van der Waals surface area contributed by atoms with E-state index in [0.717, 1.165) is 22.9 Å². The Morgan fingerprint density at radius 2 is 1.66 bits per heavy atom. The van der Waals surface area contributed by atoms with Gasteiger partial charge in [-0.2, -0.15) is 22.8 Å². The van der Waals surface area contributed by atoms with E-state index in [4.69, 9.17) is 34.8 Å². The molecular formula is C18H15Cl3F3N5. The van der Waals surface area contributed by atoms with Gasteiger partial charge in [0.2, 0.25) is 0 Å². The first-order valence-electron chi connectivity index (χ1n) is 8.88. The van der Waals surface area contributed by atoms with Gasteiger partial charge in [-0.25, -0.2) is 0 Å². The number of hydrogen-bond donors (Lipinski definition) is 0. The van der Waals surface area contributed by atoms with E-state index in [-0.39, 0.29) is 16.5 Å². The predicted octanol–water partition coefficient (Wildman–Crippen LogP) is 5.57. The third kappa shape index (κ3) is 4.39. The second-order valence-electron chi connectivity index (χ2n) is 6.95. The first kappa shape index (κ1) is 20.5. The van der Waals surface area contributed by atoms with Crippen molar-refractivity contribution in [2.24, 2.45) is 0 Å². The van der Waals surface area contributed by atoms with E-state index >= 15 is 0 Å². The van der Waals surface area contributed by atoms with Crippen LogP contribution in [0.5, 0.6) is 0 Å². The molecule has 3 heterocycles. The van der Waals surface area contributed by atoms with Gasteiger partial charge in [0.1, 0.15) is 11.4 Å². The van der Waals surface area contributed by atoms with Crippen LogP contribution in [-0.2, 0) is 6.42 Å². The van der Waals surface area contributed by atoms with Gasteiger partial charge in [0.05, 0.1) is 11.9 Å². The Morgan fingerprint density at radius 1 is 1.00 bits per heavy atom. The van der Waals surface area contributed by atoms with Crippen molar-refractivity contribution in [2.45, 2.75) is 31.4 Å². The summed E-state index contributed by atoms with van der Waals surface area (Å²) in [5.74, 6) is 0.0156. The zero-order chi connectivity index (χ0) is 20.8. The molecular weight excluding hydrogens is 450 g/mol. The molecule has 1 saturated heterocycles. The summed E-state index contributed by atoms with van der Waals surface area (Å²) < 4.78 is 39.1. The lowest BCUT2D eigenvalue weighted by Crippen LogP contribution is -2.33. The minimum absolute atomic E-state index is 0.118. The molecule has 29 heavy (non-hydrogen) atoms. The van der Waals surface area contributed by atoms with E-state index in [9.17, 15) is 13.2 Å². The van der Waals surface area contributed by atoms with Crippen LogP contribution in [0.15, 0.2) is 24.4 Å². The van der Waals surface area contributed by atoms with Crippen LogP contribution in [0.25, 0.3) is 5.65 Å². The maximum absolute atomic E-state index is 12.7. The van der Waals surface area contributed by atoms with Crippen LogP contribution < -0.4 is 4.90 Å². The molecule has 1 aliphatic rings. The molecule has 3 aromatic rings. The predicted molar refractivity (Wildman–Crippen MR) is 106 cm³/mol. The van der Waals surface area contributed by atoms with Crippen LogP contribution >= 0.6 is 34.8 Å². The maximum atomic E-state index is 12.7. The molecule has 1 fully saturated rings. The van der Waals surface area contributed by atoms with Crippen molar-refractivity contribution in [3.8, 4) is 0 Å². The molecule has 4 rings (SSSR count). The van der Waals surface area contributed by atoms with E-state index in [2.05, 4.69) is 20.2 Å². The number of hydrogen-bond acceptors (Lipinski definition) is 4. The Balaban J connectivity index is 1.53. The normalized spacial score (nSPS) is 16.0. The third-order valence-electron chi connectivity index (χ3n) is 4.97. The summed E-state index contributed by atoms with van der Waals surface area (Å²) in [5.41, 5.74) is 1.84. The van der Waals surface area contributed by atoms with Crippen LogP contribution in [0, 0.1) is 0 Å². The Bertz CT molecular complexity index is 1020. The molecule has 0 spiro atoms. The number of nitrogens with zero attached hydrogens (tertiary/aromatic N) is 5. The van der Waals surface area contributed by atoms with Crippen molar-refractivity contribution in [1.29, 1.82) is 0 Å². The zero-order valence-electron chi connectivity index (χ0n) is 14.9. The summed E-state index contributed by atoms with van der Waals surface area (Å²) in [6.45, 7) is 1.41. The smallest absolute Gasteiger partial charge is 0.369 e. The fraction of sp³-hybridized carbons (Fsp3) is 0.389. The van der Waals surface area contributed by atoms with Crippen LogP contribution in [0.1, 0.15) is 30.1 Å². The molecule has 0 amide bonds. The van der Waals surface area contributed by atoms with Gasteiger partial charge in [-0.05, 0) is 42.5 Å². The number of fused-ring (bicyclic) bond motifs is 1. The van der Waals surface area contributed by atoms with Crippen molar-refractivity contribution in [1.82, 2.24) is 19.8 Å². The highest BCUT2D eigenvalue weighted by Crippen LogP contribution is 2.36. The van der Waals surface area contributed by atoms with E-state index in [1.165, 1.54) is 6.20 Å². The van der Waals surface area contributed by atoms with Crippen molar-refractivity contribution < 1.29 is 13.2 Å². The highest BCUT2D eigenvalue weighted by molar-refractivity contribution is 6.36. The first-order valence-corrected chi connectivity index (χ1v) is 10.0. The summed E-state index contributed by atoms with van der Waals surface area (Å²) in [7, 11) is 0. The molecule has 0 aliphatic carbocycles. The van der Waals surface area contributed by atoms with Gasteiger partial charge >= 0.3 is 6.18 Å². The second-order valence-corrected chi connectivity index (χ2v) is 8.20. The molecule has 0 unspecified atom stereocenters. The quantitative estimate of drug-likeness (QED) is 0.508. The lowest BCUT2D eigenvalue weighted by atomic mass is 9.89. The lowest BCUT2D eigenvalue weighted by Gasteiger charge is -2.34. The lowest BCUT2D eigenvalue weighted by molar-refractivity contribution is -0.128. The monoisotopic (exact) mass is 463 g/mol. The van der Waals surface area contributed by atoms with Gasteiger partial charge in [0, 0.05) is 23.1 Å². The maximum Gasteiger partial charge on any atom is 0.396 e. The van der Waals surface area contributed by atoms with E-state index in [1.54, 1.807) is 6.07 Å². The molecule has 1 aliphatic heterocycles. The second kappa shape index (κ2) is 7.81. The number of piperidine rings is 1. The number of aromatic nitrogens is 4. The van der Waals surface area contributed by atoms with E-state index in [1.807, 2.05) is 12.1 Å². The number of benzene rings is 1. The number of anilines is 1. The number of rotatable bonds is 3. The van der Waals surface area contributed by atoms with Crippen molar-refractivity contribution in [2.75, 3.05) is 18.0 Å². The van der Waals surface area contributed by atoms with Crippen LogP contribution in [0.2, 0.25) is 15.1 Å². The average Bonchev–Trinajstić information content (AvgIpc) is 3.03. The van der Waals surface area contributed by atoms with Crippen molar-refractivity contribution >= 4 is 46.1 Å². The largest absolute Gasteiger partial charge is 0.396 e. The van der Waals surface area contributed by atoms with Gasteiger partial charge in [-0.1, -0.05) is 34.8 Å². The Morgan fingerprint density at radius 3 is 2.28 bits per heavy atom. The molecule has 0 N–H and O–H groups in total. The summed E-state index contributed by atoms with van der Waals surface area (Å²) >= 11 is 18.6. The molecule has 0 atom stereocenters. The minimum Gasteiger partial charge on any atom is -0.369 e. The van der Waals surface area contributed by atoms with Crippen LogP contribution in [0.4, 0.5) is 18.9 Å². The first-order chi connectivity index (χ1) is 13.7. The van der Waals surface area contributed by atoms with Gasteiger partial charge in [0.25, 0.3) is 0 Å². The highest BCUT2D eigenvalue weighted by Gasteiger charge is 2.32. The average molecular weight is 465 g/mol. The van der Waals surface area contributed by atoms with Crippen LogP contribution in [-0.4, -0.2) is 39.1 Å². The highest BCUT2D eigenvalue weighted by atomic mass is 35.5. The van der Waals surface area contributed by atoms with E-state index < -0.39 is 12.6 Å². The summed E-state index contributed by atoms with van der Waals surface area (Å²) in [5, 5.41) is 12.9. The molecule has 154 valence electrons. The summed E-state index contributed by atoms with van der Waals surface area (Å²) in [6, 6.07) is 5.55. The molecule has 0 bridgehead atoms. The van der Waals surface area contributed by atoms with Crippen LogP contribution in [0.3, 0.4) is 0 Å². The fourth-order valence-electron chi connectivity index (χ4n) is 3.63. The third-order valence-corrected chi connectivity index (χ3v) is 5.77. The summed E-state index contributed by atoms with van der Waals surface area (Å²) in [4.78, 5) is 2.05. The molecule has 1 aromatic carbocycles. The topological polar surface area (TPSA) is 46.3 Å². The molecule has 5 nitrogen and oxygen atoms in total. The van der Waals surface area contributed by atoms with Crippen molar-refractivity contribution in [3.05, 3.63) is 50.9 Å². The Labute approximate surface area is 179 Å². The van der Waals surface area contributed by atoms with Crippen molar-refractivity contribution in [3.63, 3.8) is 0 Å². The zero-order valence-corrected chi connectivity index (χ0v) is 17.2. The Kier molecular flexibility index (Phi) is 5.52. The molecule has 11 heteroatoms. The van der Waals surface area contributed by atoms with Gasteiger partial charge in [0.15, 0.2) is 11.5 Å². The minimum atomic E-state index is -4.40. The molecule has 0 saturated carbocycles. The molecule has 2 aromatic heterocycles. The standard InChI is InChI=1S/C18H15Cl3F3N5/c19-12-5-11(6-13(20)7-12)10-1-3-28(4-2-10)14-9-25-29-15(8-18(22,23)24)26-27-17(29)16(14)21/h5-7,9-10H,1-4,8H2. The molecule has 0 radical (unpaired) electrons. The SMILES string of the molecule is FC(F)(F)Cc1nnc2c(Cl)c(N3CCC(c4cc(Cl)cc(Cl)c4)CC3)cnn12. The van der Waals surface area contributed by atoms with Gasteiger partial charge in [-0.15, -0.1) is 10.2 Å². The van der Waals surface area contributed by atoms with Gasteiger partial charge < -0.3 is 4.90 Å². The van der Waals surface area contributed by atoms with E-state index in [0.29, 0.717) is 34.7 Å². The van der Waals surface area contributed by atoms with Gasteiger partial charge in [-0.3, -0.25) is 0 Å². The summed E-state index contributed by atoms with van der Waals surface area (Å²) in [6.07, 6.45) is -2.45. The number of halogens is 6. The Hall–Kier alpha value is -1.77.